The SMILES string of the molecule is COc1ccc([C@H](Cc2c(Cl)cncc2Cl)OC(=O)c2ccc(F)c(CN(C(=O)O[C@H]3CN4CCC3CC4)c3ccccc3)c2)cc1OC. The molecule has 7 rings (SSSR count). The number of pyridine rings is 1. The highest BCUT2D eigenvalue weighted by atomic mass is 35.5. The molecule has 3 saturated heterocycles. The molecule has 0 aliphatic carbocycles. The molecule has 3 fully saturated rings. The van der Waals surface area contributed by atoms with Crippen molar-refractivity contribution in [3.8, 4) is 11.5 Å². The van der Waals surface area contributed by atoms with E-state index in [1.54, 1.807) is 42.5 Å². The van der Waals surface area contributed by atoms with Gasteiger partial charge in [0.2, 0.25) is 0 Å². The smallest absolute Gasteiger partial charge is 0.414 e. The molecule has 4 heterocycles. The van der Waals surface area contributed by atoms with E-state index in [0.717, 1.165) is 25.9 Å². The van der Waals surface area contributed by atoms with Crippen LogP contribution in [-0.4, -0.2) is 61.9 Å². The number of carbonyl (C=O) groups is 2. The van der Waals surface area contributed by atoms with Crippen molar-refractivity contribution < 1.29 is 32.9 Å². The number of amides is 1. The van der Waals surface area contributed by atoms with Crippen LogP contribution >= 0.6 is 23.2 Å². The first-order valence-corrected chi connectivity index (χ1v) is 16.7. The van der Waals surface area contributed by atoms with Crippen LogP contribution < -0.4 is 14.4 Å². The quantitative estimate of drug-likeness (QED) is 0.145. The summed E-state index contributed by atoms with van der Waals surface area (Å²) in [4.78, 5) is 35.2. The Kier molecular flexibility index (Phi) is 10.9. The van der Waals surface area contributed by atoms with Crippen LogP contribution in [0.3, 0.4) is 0 Å². The average Bonchev–Trinajstić information content (AvgIpc) is 3.12. The predicted molar refractivity (Wildman–Crippen MR) is 184 cm³/mol. The molecule has 1 amide bonds. The summed E-state index contributed by atoms with van der Waals surface area (Å²) in [6.07, 6.45) is 3.31. The lowest BCUT2D eigenvalue weighted by atomic mass is 9.86. The van der Waals surface area contributed by atoms with Gasteiger partial charge in [-0.25, -0.2) is 14.0 Å². The van der Waals surface area contributed by atoms with Crippen molar-refractivity contribution in [2.45, 2.75) is 38.0 Å². The highest BCUT2D eigenvalue weighted by molar-refractivity contribution is 6.35. The molecular formula is C37H36Cl2FN3O6. The van der Waals surface area contributed by atoms with E-state index in [2.05, 4.69) is 9.88 Å². The maximum atomic E-state index is 15.4. The summed E-state index contributed by atoms with van der Waals surface area (Å²) in [6.45, 7) is 2.53. The van der Waals surface area contributed by atoms with Gasteiger partial charge < -0.3 is 18.9 Å². The van der Waals surface area contributed by atoms with Crippen molar-refractivity contribution in [2.24, 2.45) is 5.92 Å². The number of aromatic nitrogens is 1. The number of nitrogens with zero attached hydrogens (tertiary/aromatic N) is 3. The molecule has 0 saturated carbocycles. The summed E-state index contributed by atoms with van der Waals surface area (Å²) in [5, 5.41) is 0.619. The Morgan fingerprint density at radius 3 is 2.33 bits per heavy atom. The third-order valence-electron chi connectivity index (χ3n) is 9.12. The van der Waals surface area contributed by atoms with Gasteiger partial charge in [-0.3, -0.25) is 14.8 Å². The van der Waals surface area contributed by atoms with Gasteiger partial charge in [0.1, 0.15) is 18.0 Å². The number of methoxy groups -OCH3 is 2. The molecule has 9 nitrogen and oxygen atoms in total. The van der Waals surface area contributed by atoms with E-state index in [9.17, 15) is 9.59 Å². The van der Waals surface area contributed by atoms with Gasteiger partial charge in [-0.15, -0.1) is 0 Å². The van der Waals surface area contributed by atoms with Crippen molar-refractivity contribution >= 4 is 41.0 Å². The molecule has 0 N–H and O–H groups in total. The lowest BCUT2D eigenvalue weighted by Gasteiger charge is -2.44. The topological polar surface area (TPSA) is 90.4 Å². The van der Waals surface area contributed by atoms with Gasteiger partial charge in [0, 0.05) is 36.6 Å². The van der Waals surface area contributed by atoms with Crippen LogP contribution in [0.15, 0.2) is 79.1 Å². The molecule has 2 atom stereocenters. The van der Waals surface area contributed by atoms with E-state index in [0.29, 0.717) is 50.8 Å². The van der Waals surface area contributed by atoms with E-state index < -0.39 is 24.0 Å². The second kappa shape index (κ2) is 15.4. The van der Waals surface area contributed by atoms with Crippen molar-refractivity contribution in [1.82, 2.24) is 9.88 Å². The molecule has 2 bridgehead atoms. The number of hydrogen-bond acceptors (Lipinski definition) is 8. The molecule has 4 aromatic rings. The number of rotatable bonds is 11. The molecule has 49 heavy (non-hydrogen) atoms. The largest absolute Gasteiger partial charge is 0.493 e. The summed E-state index contributed by atoms with van der Waals surface area (Å²) in [6, 6.07) is 18.0. The maximum Gasteiger partial charge on any atom is 0.414 e. The fourth-order valence-corrected chi connectivity index (χ4v) is 6.92. The minimum absolute atomic E-state index is 0.0903. The van der Waals surface area contributed by atoms with Gasteiger partial charge >= 0.3 is 12.1 Å². The summed E-state index contributed by atoms with van der Waals surface area (Å²) >= 11 is 12.9. The van der Waals surface area contributed by atoms with E-state index in [-0.39, 0.29) is 30.2 Å². The maximum absolute atomic E-state index is 15.4. The summed E-state index contributed by atoms with van der Waals surface area (Å²) < 4.78 is 38.4. The Balaban J connectivity index is 1.27. The van der Waals surface area contributed by atoms with E-state index in [4.69, 9.17) is 42.1 Å². The standard InChI is InChI=1S/C37H36Cl2FN3O6/c1-46-32-11-9-24(17-34(32)47-2)33(18-28-29(38)19-41-20-30(28)39)48-36(44)25-8-10-31(40)26(16-25)21-43(27-6-4-3-5-7-27)37(45)49-35-22-42-14-12-23(35)13-15-42/h3-11,16-17,19-20,23,33,35H,12-15,18,21-22H2,1-2H3/t33-,35-/m0/s1. The van der Waals surface area contributed by atoms with Crippen molar-refractivity contribution in [1.29, 1.82) is 0 Å². The lowest BCUT2D eigenvalue weighted by molar-refractivity contribution is -0.0311. The number of fused-ring (bicyclic) bond motifs is 3. The summed E-state index contributed by atoms with van der Waals surface area (Å²) in [5.74, 6) is -0.0713. The molecule has 3 aromatic carbocycles. The molecule has 3 aliphatic heterocycles. The molecule has 0 spiro atoms. The second-order valence-corrected chi connectivity index (χ2v) is 12.9. The molecule has 12 heteroatoms. The molecule has 0 radical (unpaired) electrons. The van der Waals surface area contributed by atoms with Gasteiger partial charge in [-0.2, -0.15) is 0 Å². The normalized spacial score (nSPS) is 18.8. The Morgan fingerprint density at radius 2 is 1.67 bits per heavy atom. The Morgan fingerprint density at radius 1 is 0.959 bits per heavy atom. The number of piperidine rings is 3. The van der Waals surface area contributed by atoms with Crippen molar-refractivity contribution in [2.75, 3.05) is 38.8 Å². The minimum Gasteiger partial charge on any atom is -0.493 e. The van der Waals surface area contributed by atoms with Crippen LogP contribution in [0.4, 0.5) is 14.9 Å². The Labute approximate surface area is 294 Å². The number of benzene rings is 3. The Hall–Kier alpha value is -4.38. The zero-order valence-electron chi connectivity index (χ0n) is 27.1. The van der Waals surface area contributed by atoms with Crippen LogP contribution in [0, 0.1) is 11.7 Å². The Bertz CT molecular complexity index is 1780. The monoisotopic (exact) mass is 707 g/mol. The molecule has 0 unspecified atom stereocenters. The number of halogens is 3. The molecule has 1 aromatic heterocycles. The van der Waals surface area contributed by atoms with Gasteiger partial charge in [0.25, 0.3) is 0 Å². The summed E-state index contributed by atoms with van der Waals surface area (Å²) in [7, 11) is 3.03. The minimum atomic E-state index is -0.879. The van der Waals surface area contributed by atoms with Crippen molar-refractivity contribution in [3.05, 3.63) is 117 Å². The zero-order valence-corrected chi connectivity index (χ0v) is 28.6. The van der Waals surface area contributed by atoms with Gasteiger partial charge in [-0.1, -0.05) is 47.5 Å². The van der Waals surface area contributed by atoms with E-state index >= 15 is 4.39 Å². The molecule has 256 valence electrons. The van der Waals surface area contributed by atoms with Crippen LogP contribution in [0.25, 0.3) is 0 Å². The van der Waals surface area contributed by atoms with Crippen LogP contribution in [0.2, 0.25) is 10.0 Å². The number of esters is 1. The fraction of sp³-hybridized carbons (Fsp3) is 0.324. The van der Waals surface area contributed by atoms with Gasteiger partial charge in [-0.05, 0) is 85.4 Å². The first-order valence-electron chi connectivity index (χ1n) is 16.0. The van der Waals surface area contributed by atoms with E-state index in [1.807, 2.05) is 6.07 Å². The van der Waals surface area contributed by atoms with E-state index in [1.165, 1.54) is 49.7 Å². The molecular weight excluding hydrogens is 672 g/mol. The number of hydrogen-bond donors (Lipinski definition) is 0. The fourth-order valence-electron chi connectivity index (χ4n) is 6.40. The molecule has 3 aliphatic rings. The number of ether oxygens (including phenoxy) is 4. The van der Waals surface area contributed by atoms with Crippen LogP contribution in [-0.2, 0) is 22.4 Å². The van der Waals surface area contributed by atoms with Crippen LogP contribution in [0.1, 0.15) is 46.0 Å². The third-order valence-corrected chi connectivity index (χ3v) is 9.77. The second-order valence-electron chi connectivity index (χ2n) is 12.1. The van der Waals surface area contributed by atoms with Gasteiger partial charge in [0.05, 0.1) is 36.4 Å². The third kappa shape index (κ3) is 7.93. The van der Waals surface area contributed by atoms with Crippen LogP contribution in [0.5, 0.6) is 11.5 Å². The summed E-state index contributed by atoms with van der Waals surface area (Å²) in [5.41, 5.74) is 1.87. The lowest BCUT2D eigenvalue weighted by Crippen LogP contribution is -2.53. The highest BCUT2D eigenvalue weighted by Gasteiger charge is 2.37. The highest BCUT2D eigenvalue weighted by Crippen LogP contribution is 2.36. The predicted octanol–water partition coefficient (Wildman–Crippen LogP) is 7.92. The number of anilines is 1. The first kappa shape index (κ1) is 34.5. The van der Waals surface area contributed by atoms with Gasteiger partial charge in [0.15, 0.2) is 11.5 Å². The average molecular weight is 709 g/mol. The van der Waals surface area contributed by atoms with Crippen molar-refractivity contribution in [3.63, 3.8) is 0 Å². The number of para-hydroxylation sites is 1. The zero-order chi connectivity index (χ0) is 34.5. The first-order chi connectivity index (χ1) is 23.7. The number of carbonyl (C=O) groups excluding carboxylic acids is 2.